The summed E-state index contributed by atoms with van der Waals surface area (Å²) in [6.45, 7) is 6.04. The third kappa shape index (κ3) is 3.63. The molecule has 1 aromatic heterocycles. The van der Waals surface area contributed by atoms with Crippen LogP contribution in [0.2, 0.25) is 5.02 Å². The fourth-order valence-electron chi connectivity index (χ4n) is 3.33. The van der Waals surface area contributed by atoms with E-state index >= 15 is 0 Å². The van der Waals surface area contributed by atoms with Gasteiger partial charge in [-0.2, -0.15) is 15.0 Å². The van der Waals surface area contributed by atoms with Crippen LogP contribution >= 0.6 is 11.6 Å². The molecule has 0 amide bonds. The molecule has 0 radical (unpaired) electrons. The summed E-state index contributed by atoms with van der Waals surface area (Å²) < 4.78 is 0. The average molecular weight is 359 g/mol. The second-order valence-corrected chi connectivity index (χ2v) is 7.14. The van der Waals surface area contributed by atoms with Crippen molar-refractivity contribution in [2.24, 2.45) is 0 Å². The summed E-state index contributed by atoms with van der Waals surface area (Å²) >= 11 is 6.24. The Morgan fingerprint density at radius 1 is 0.880 bits per heavy atom. The van der Waals surface area contributed by atoms with Crippen molar-refractivity contribution >= 4 is 35.1 Å². The monoisotopic (exact) mass is 358 g/mol. The predicted octanol–water partition coefficient (Wildman–Crippen LogP) is 3.78. The maximum absolute atomic E-state index is 6.24. The minimum absolute atomic E-state index is 0.582. The van der Waals surface area contributed by atoms with Crippen LogP contribution in [0.5, 0.6) is 0 Å². The Kier molecular flexibility index (Phi) is 4.61. The highest BCUT2D eigenvalue weighted by atomic mass is 35.5. The van der Waals surface area contributed by atoms with Gasteiger partial charge in [-0.15, -0.1) is 0 Å². The molecule has 0 spiro atoms. The van der Waals surface area contributed by atoms with Gasteiger partial charge in [0.1, 0.15) is 0 Å². The molecule has 2 fully saturated rings. The van der Waals surface area contributed by atoms with Crippen molar-refractivity contribution in [3.8, 4) is 0 Å². The Morgan fingerprint density at radius 2 is 1.44 bits per heavy atom. The van der Waals surface area contributed by atoms with Crippen molar-refractivity contribution in [2.75, 3.05) is 41.3 Å². The molecular formula is C18H23ClN6. The zero-order valence-electron chi connectivity index (χ0n) is 14.5. The van der Waals surface area contributed by atoms with Gasteiger partial charge in [0, 0.05) is 36.9 Å². The summed E-state index contributed by atoms with van der Waals surface area (Å²) in [6.07, 6.45) is 4.78. The van der Waals surface area contributed by atoms with Crippen molar-refractivity contribution in [1.29, 1.82) is 0 Å². The number of anilines is 4. The van der Waals surface area contributed by atoms with Crippen molar-refractivity contribution < 1.29 is 0 Å². The van der Waals surface area contributed by atoms with Crippen LogP contribution in [0.3, 0.4) is 0 Å². The molecule has 6 nitrogen and oxygen atoms in total. The summed E-state index contributed by atoms with van der Waals surface area (Å²) in [5, 5.41) is 4.03. The van der Waals surface area contributed by atoms with Gasteiger partial charge in [0.05, 0.1) is 0 Å². The molecule has 0 atom stereocenters. The molecule has 2 aliphatic rings. The van der Waals surface area contributed by atoms with Gasteiger partial charge in [-0.1, -0.05) is 17.7 Å². The number of hydrogen-bond acceptors (Lipinski definition) is 6. The smallest absolute Gasteiger partial charge is 0.233 e. The van der Waals surface area contributed by atoms with E-state index in [1.165, 1.54) is 25.7 Å². The van der Waals surface area contributed by atoms with Gasteiger partial charge < -0.3 is 15.1 Å². The summed E-state index contributed by atoms with van der Waals surface area (Å²) in [4.78, 5) is 18.5. The van der Waals surface area contributed by atoms with Crippen LogP contribution in [0, 0.1) is 6.92 Å². The maximum atomic E-state index is 6.24. The summed E-state index contributed by atoms with van der Waals surface area (Å²) in [5.74, 6) is 2.13. The minimum atomic E-state index is 0.582. The van der Waals surface area contributed by atoms with Crippen molar-refractivity contribution in [1.82, 2.24) is 15.0 Å². The van der Waals surface area contributed by atoms with Crippen molar-refractivity contribution in [3.05, 3.63) is 28.8 Å². The Bertz CT molecular complexity index is 719. The highest BCUT2D eigenvalue weighted by Gasteiger charge is 2.21. The first-order valence-corrected chi connectivity index (χ1v) is 9.36. The molecule has 0 bridgehead atoms. The first-order chi connectivity index (χ1) is 12.2. The van der Waals surface area contributed by atoms with Crippen LogP contribution in [-0.2, 0) is 0 Å². The Morgan fingerprint density at radius 3 is 1.96 bits per heavy atom. The SMILES string of the molecule is Cc1ccc(Nc2nc(N3CCCC3)nc(N3CCCC3)n2)cc1Cl. The molecule has 3 heterocycles. The number of benzene rings is 1. The van der Waals surface area contributed by atoms with Crippen molar-refractivity contribution in [2.45, 2.75) is 32.6 Å². The number of halogens is 1. The fraction of sp³-hybridized carbons (Fsp3) is 0.500. The standard InChI is InChI=1S/C18H23ClN6/c1-13-6-7-14(12-15(13)19)20-16-21-17(24-8-2-3-9-24)23-18(22-16)25-10-4-5-11-25/h6-7,12H,2-5,8-11H2,1H3,(H,20,21,22,23). The molecule has 132 valence electrons. The number of hydrogen-bond donors (Lipinski definition) is 1. The highest BCUT2D eigenvalue weighted by molar-refractivity contribution is 6.31. The summed E-state index contributed by atoms with van der Waals surface area (Å²) in [7, 11) is 0. The second kappa shape index (κ2) is 7.04. The first kappa shape index (κ1) is 16.4. The fourth-order valence-corrected chi connectivity index (χ4v) is 3.51. The van der Waals surface area contributed by atoms with Gasteiger partial charge in [-0.3, -0.25) is 0 Å². The quantitative estimate of drug-likeness (QED) is 0.897. The van der Waals surface area contributed by atoms with E-state index in [1.807, 2.05) is 25.1 Å². The lowest BCUT2D eigenvalue weighted by Gasteiger charge is -2.20. The van der Waals surface area contributed by atoms with Gasteiger partial charge >= 0.3 is 0 Å². The molecule has 7 heteroatoms. The average Bonchev–Trinajstić information content (AvgIpc) is 3.31. The molecule has 2 aliphatic heterocycles. The number of nitrogens with zero attached hydrogens (tertiary/aromatic N) is 5. The molecule has 0 saturated carbocycles. The number of aryl methyl sites for hydroxylation is 1. The zero-order valence-corrected chi connectivity index (χ0v) is 15.3. The second-order valence-electron chi connectivity index (χ2n) is 6.74. The largest absolute Gasteiger partial charge is 0.341 e. The van der Waals surface area contributed by atoms with Gasteiger partial charge in [-0.25, -0.2) is 0 Å². The number of nitrogens with one attached hydrogen (secondary N) is 1. The lowest BCUT2D eigenvalue weighted by atomic mass is 10.2. The maximum Gasteiger partial charge on any atom is 0.233 e. The van der Waals surface area contributed by atoms with E-state index in [0.29, 0.717) is 5.95 Å². The molecule has 2 aromatic rings. The molecule has 1 N–H and O–H groups in total. The van der Waals surface area contributed by atoms with Crippen LogP contribution in [-0.4, -0.2) is 41.1 Å². The molecule has 4 rings (SSSR count). The van der Waals surface area contributed by atoms with E-state index in [0.717, 1.165) is 54.3 Å². The zero-order chi connectivity index (χ0) is 17.2. The van der Waals surface area contributed by atoms with E-state index in [1.54, 1.807) is 0 Å². The molecular weight excluding hydrogens is 336 g/mol. The Hall–Kier alpha value is -2.08. The van der Waals surface area contributed by atoms with Crippen LogP contribution in [0.4, 0.5) is 23.5 Å². The normalized spacial score (nSPS) is 17.4. The third-order valence-corrected chi connectivity index (χ3v) is 5.22. The van der Waals surface area contributed by atoms with Crippen LogP contribution < -0.4 is 15.1 Å². The van der Waals surface area contributed by atoms with Crippen LogP contribution in [0.15, 0.2) is 18.2 Å². The van der Waals surface area contributed by atoms with E-state index < -0.39 is 0 Å². The Labute approximate surface area is 153 Å². The van der Waals surface area contributed by atoms with E-state index in [4.69, 9.17) is 16.6 Å². The van der Waals surface area contributed by atoms with Gasteiger partial charge in [0.2, 0.25) is 17.8 Å². The van der Waals surface area contributed by atoms with Crippen LogP contribution in [0.25, 0.3) is 0 Å². The minimum Gasteiger partial charge on any atom is -0.341 e. The topological polar surface area (TPSA) is 57.2 Å². The van der Waals surface area contributed by atoms with E-state index in [9.17, 15) is 0 Å². The van der Waals surface area contributed by atoms with E-state index in [-0.39, 0.29) is 0 Å². The molecule has 0 unspecified atom stereocenters. The molecule has 25 heavy (non-hydrogen) atoms. The van der Waals surface area contributed by atoms with Gasteiger partial charge in [0.15, 0.2) is 0 Å². The Balaban J connectivity index is 1.65. The lowest BCUT2D eigenvalue weighted by Crippen LogP contribution is -2.25. The lowest BCUT2D eigenvalue weighted by molar-refractivity contribution is 0.841. The van der Waals surface area contributed by atoms with Crippen molar-refractivity contribution in [3.63, 3.8) is 0 Å². The third-order valence-electron chi connectivity index (χ3n) is 4.82. The molecule has 2 saturated heterocycles. The van der Waals surface area contributed by atoms with E-state index in [2.05, 4.69) is 25.1 Å². The number of aromatic nitrogens is 3. The van der Waals surface area contributed by atoms with Crippen LogP contribution in [0.1, 0.15) is 31.2 Å². The molecule has 1 aromatic carbocycles. The summed E-state index contributed by atoms with van der Waals surface area (Å²) in [6, 6.07) is 5.90. The highest BCUT2D eigenvalue weighted by Crippen LogP contribution is 2.26. The number of rotatable bonds is 4. The summed E-state index contributed by atoms with van der Waals surface area (Å²) in [5.41, 5.74) is 1.94. The van der Waals surface area contributed by atoms with Gasteiger partial charge in [0.25, 0.3) is 0 Å². The molecule has 0 aliphatic carbocycles. The first-order valence-electron chi connectivity index (χ1n) is 8.98. The van der Waals surface area contributed by atoms with Gasteiger partial charge in [-0.05, 0) is 50.3 Å². The predicted molar refractivity (Wildman–Crippen MR) is 102 cm³/mol.